The summed E-state index contributed by atoms with van der Waals surface area (Å²) in [6.45, 7) is 14.2. The first-order valence-electron chi connectivity index (χ1n) is 40.2. The number of hydrogen-bond donors (Lipinski definition) is 3. The van der Waals surface area contributed by atoms with E-state index in [1.54, 1.807) is 0 Å². The Morgan fingerprint density at radius 2 is 0.495 bits per heavy atom. The van der Waals surface area contributed by atoms with E-state index in [1.165, 1.54) is 193 Å². The summed E-state index contributed by atoms with van der Waals surface area (Å²) < 4.78 is 68.6. The molecule has 0 saturated heterocycles. The third kappa shape index (κ3) is 70.9. The van der Waals surface area contributed by atoms with E-state index in [1.807, 2.05) is 0 Å². The molecule has 0 radical (unpaired) electrons. The number of esters is 4. The molecule has 17 nitrogen and oxygen atoms in total. The summed E-state index contributed by atoms with van der Waals surface area (Å²) in [5.74, 6) is 0.949. The Morgan fingerprint density at radius 1 is 0.289 bits per heavy atom. The molecule has 0 saturated carbocycles. The molecule has 0 fully saturated rings. The summed E-state index contributed by atoms with van der Waals surface area (Å²) in [5, 5.41) is 10.6. The molecule has 0 amide bonds. The average molecular weight is 1420 g/mol. The monoisotopic (exact) mass is 1420 g/mol. The molecule has 6 atom stereocenters. The molecule has 0 aromatic heterocycles. The number of carbonyl (C=O) groups is 4. The Balaban J connectivity index is 5.24. The van der Waals surface area contributed by atoms with Crippen molar-refractivity contribution in [2.45, 2.75) is 414 Å². The number of aliphatic hydroxyl groups is 1. The van der Waals surface area contributed by atoms with E-state index in [-0.39, 0.29) is 25.7 Å². The number of phosphoric acid groups is 2. The first kappa shape index (κ1) is 95.1. The van der Waals surface area contributed by atoms with E-state index in [2.05, 4.69) is 55.4 Å². The van der Waals surface area contributed by atoms with Crippen molar-refractivity contribution in [3.8, 4) is 0 Å². The van der Waals surface area contributed by atoms with Crippen molar-refractivity contribution in [2.75, 3.05) is 39.6 Å². The highest BCUT2D eigenvalue weighted by atomic mass is 31.2. The maximum Gasteiger partial charge on any atom is 0.472 e. The van der Waals surface area contributed by atoms with Crippen molar-refractivity contribution in [3.05, 3.63) is 0 Å². The highest BCUT2D eigenvalue weighted by Crippen LogP contribution is 2.45. The smallest absolute Gasteiger partial charge is 0.462 e. The summed E-state index contributed by atoms with van der Waals surface area (Å²) in [5.41, 5.74) is 0. The maximum absolute atomic E-state index is 13.1. The largest absolute Gasteiger partial charge is 0.472 e. The second-order valence-corrected chi connectivity index (χ2v) is 32.7. The number of ether oxygens (including phenoxy) is 4. The maximum atomic E-state index is 13.1. The van der Waals surface area contributed by atoms with Crippen LogP contribution >= 0.6 is 15.6 Å². The fraction of sp³-hybridized carbons (Fsp3) is 0.949. The van der Waals surface area contributed by atoms with Crippen molar-refractivity contribution >= 4 is 39.5 Å². The summed E-state index contributed by atoms with van der Waals surface area (Å²) >= 11 is 0. The first-order valence-corrected chi connectivity index (χ1v) is 43.2. The van der Waals surface area contributed by atoms with Gasteiger partial charge in [0.15, 0.2) is 12.2 Å². The van der Waals surface area contributed by atoms with Crippen LogP contribution in [0.15, 0.2) is 0 Å². The molecular formula is C78H152O17P2. The zero-order valence-corrected chi connectivity index (χ0v) is 65.5. The minimum absolute atomic E-state index is 0.104. The van der Waals surface area contributed by atoms with Crippen molar-refractivity contribution in [3.63, 3.8) is 0 Å². The highest BCUT2D eigenvalue weighted by molar-refractivity contribution is 7.47. The van der Waals surface area contributed by atoms with Crippen molar-refractivity contribution in [1.82, 2.24) is 0 Å². The summed E-state index contributed by atoms with van der Waals surface area (Å²) in [4.78, 5) is 72.9. The van der Waals surface area contributed by atoms with E-state index in [9.17, 15) is 43.2 Å². The predicted molar refractivity (Wildman–Crippen MR) is 395 cm³/mol. The normalized spacial score (nSPS) is 14.4. The fourth-order valence-electron chi connectivity index (χ4n) is 11.9. The van der Waals surface area contributed by atoms with Crippen LogP contribution in [-0.2, 0) is 65.4 Å². The first-order chi connectivity index (χ1) is 46.6. The van der Waals surface area contributed by atoms with Crippen LogP contribution in [0.25, 0.3) is 0 Å². The number of unbranched alkanes of at least 4 members (excludes halogenated alkanes) is 40. The molecule has 0 bridgehead atoms. The molecule has 19 heteroatoms. The van der Waals surface area contributed by atoms with E-state index in [0.29, 0.717) is 25.7 Å². The SMILES string of the molecule is CCC(C)CCCCCCCCC(=O)OC[C@H](COP(=O)(O)OC[C@H](O)COP(=O)(O)OC[C@@H](COC(=O)CCCCCCCCCCCCCCCCCC(C)C)OC(=O)CCCCCCCCCCCCCCCCC(C)C)OC(=O)CCCCCCCCCCCC(C)C. The molecule has 0 aromatic rings. The van der Waals surface area contributed by atoms with Gasteiger partial charge in [-0.2, -0.15) is 0 Å². The number of phosphoric ester groups is 2. The predicted octanol–water partition coefficient (Wildman–Crippen LogP) is 22.8. The minimum atomic E-state index is -4.96. The van der Waals surface area contributed by atoms with Crippen LogP contribution in [0, 0.1) is 23.7 Å². The van der Waals surface area contributed by atoms with Gasteiger partial charge in [0.05, 0.1) is 26.4 Å². The molecule has 0 rings (SSSR count). The van der Waals surface area contributed by atoms with Gasteiger partial charge in [-0.1, -0.05) is 344 Å². The minimum Gasteiger partial charge on any atom is -0.462 e. The van der Waals surface area contributed by atoms with Gasteiger partial charge >= 0.3 is 39.5 Å². The second-order valence-electron chi connectivity index (χ2n) is 29.8. The van der Waals surface area contributed by atoms with Gasteiger partial charge < -0.3 is 33.8 Å². The van der Waals surface area contributed by atoms with Crippen LogP contribution in [0.1, 0.15) is 396 Å². The molecular weight excluding hydrogens is 1270 g/mol. The van der Waals surface area contributed by atoms with Crippen LogP contribution < -0.4 is 0 Å². The van der Waals surface area contributed by atoms with Crippen LogP contribution in [0.2, 0.25) is 0 Å². The third-order valence-electron chi connectivity index (χ3n) is 18.4. The Kier molecular flexibility index (Phi) is 65.9. The number of hydrogen-bond acceptors (Lipinski definition) is 15. The van der Waals surface area contributed by atoms with Gasteiger partial charge in [-0.25, -0.2) is 9.13 Å². The van der Waals surface area contributed by atoms with Crippen LogP contribution in [-0.4, -0.2) is 96.7 Å². The zero-order chi connectivity index (χ0) is 71.7. The lowest BCUT2D eigenvalue weighted by Gasteiger charge is -2.21. The van der Waals surface area contributed by atoms with Crippen LogP contribution in [0.4, 0.5) is 0 Å². The molecule has 0 spiro atoms. The van der Waals surface area contributed by atoms with E-state index in [0.717, 1.165) is 120 Å². The number of carbonyl (C=O) groups excluding carboxylic acids is 4. The highest BCUT2D eigenvalue weighted by Gasteiger charge is 2.30. The molecule has 0 heterocycles. The second kappa shape index (κ2) is 67.2. The van der Waals surface area contributed by atoms with Crippen molar-refractivity contribution in [2.24, 2.45) is 23.7 Å². The molecule has 0 aliphatic carbocycles. The van der Waals surface area contributed by atoms with Crippen molar-refractivity contribution < 1.29 is 80.2 Å². The Labute approximate surface area is 594 Å². The zero-order valence-electron chi connectivity index (χ0n) is 63.7. The van der Waals surface area contributed by atoms with Crippen molar-refractivity contribution in [1.29, 1.82) is 0 Å². The van der Waals surface area contributed by atoms with Crippen LogP contribution in [0.3, 0.4) is 0 Å². The average Bonchev–Trinajstić information content (AvgIpc) is 1.46. The van der Waals surface area contributed by atoms with Gasteiger partial charge in [0.2, 0.25) is 0 Å². The summed E-state index contributed by atoms with van der Waals surface area (Å²) in [6.07, 6.45) is 52.8. The van der Waals surface area contributed by atoms with Gasteiger partial charge in [0.1, 0.15) is 19.3 Å². The number of aliphatic hydroxyl groups excluding tert-OH is 1. The Bertz CT molecular complexity index is 1900. The molecule has 0 aliphatic rings. The molecule has 576 valence electrons. The molecule has 3 N–H and O–H groups in total. The standard InChI is InChI=1S/C78H152O17P2/c1-9-71(8)57-49-41-36-37-43-51-59-76(81)89-65-74(95-78(83)61-53-45-35-29-23-26-32-40-48-56-70(6)7)67-93-97(86,87)91-63-72(79)62-90-96(84,85)92-66-73(94-77(82)60-52-44-34-28-22-18-14-13-16-20-25-31-39-47-55-69(4)5)64-88-75(80)58-50-42-33-27-21-17-12-10-11-15-19-24-30-38-46-54-68(2)3/h68-74,79H,9-67H2,1-8H3,(H,84,85)(H,86,87)/t71?,72-,73-,74-/m1/s1. The van der Waals surface area contributed by atoms with Gasteiger partial charge in [0, 0.05) is 25.7 Å². The quantitative estimate of drug-likeness (QED) is 0.0222. The topological polar surface area (TPSA) is 237 Å². The van der Waals surface area contributed by atoms with E-state index >= 15 is 0 Å². The van der Waals surface area contributed by atoms with Crippen LogP contribution in [0.5, 0.6) is 0 Å². The lowest BCUT2D eigenvalue weighted by atomic mass is 10.00. The fourth-order valence-corrected chi connectivity index (χ4v) is 13.5. The molecule has 97 heavy (non-hydrogen) atoms. The lowest BCUT2D eigenvalue weighted by Crippen LogP contribution is -2.30. The van der Waals surface area contributed by atoms with Gasteiger partial charge in [0.25, 0.3) is 0 Å². The summed E-state index contributed by atoms with van der Waals surface area (Å²) in [7, 11) is -9.92. The van der Waals surface area contributed by atoms with Gasteiger partial charge in [-0.05, 0) is 49.4 Å². The van der Waals surface area contributed by atoms with Gasteiger partial charge in [-0.15, -0.1) is 0 Å². The van der Waals surface area contributed by atoms with Gasteiger partial charge in [-0.3, -0.25) is 37.3 Å². The van der Waals surface area contributed by atoms with E-state index < -0.39 is 97.5 Å². The molecule has 0 aliphatic heterocycles. The number of rotatable bonds is 75. The molecule has 3 unspecified atom stereocenters. The third-order valence-corrected chi connectivity index (χ3v) is 20.3. The summed E-state index contributed by atoms with van der Waals surface area (Å²) in [6, 6.07) is 0. The Hall–Kier alpha value is -1.94. The Morgan fingerprint density at radius 3 is 0.732 bits per heavy atom. The lowest BCUT2D eigenvalue weighted by molar-refractivity contribution is -0.161. The van der Waals surface area contributed by atoms with E-state index in [4.69, 9.17) is 37.0 Å². The molecule has 0 aromatic carbocycles.